The maximum Gasteiger partial charge on any atom is 0.438 e. The monoisotopic (exact) mass is 401 g/mol. The van der Waals surface area contributed by atoms with Crippen LogP contribution in [0, 0.1) is 5.82 Å². The van der Waals surface area contributed by atoms with Crippen LogP contribution in [0.1, 0.15) is 18.5 Å². The summed E-state index contributed by atoms with van der Waals surface area (Å²) in [5.74, 6) is -0.478. The van der Waals surface area contributed by atoms with Gasteiger partial charge in [0.2, 0.25) is 11.8 Å². The number of rotatable bonds is 7. The van der Waals surface area contributed by atoms with Crippen molar-refractivity contribution >= 4 is 5.91 Å². The highest BCUT2D eigenvalue weighted by Gasteiger charge is 2.21. The highest BCUT2D eigenvalue weighted by Crippen LogP contribution is 2.27. The lowest BCUT2D eigenvalue weighted by molar-refractivity contribution is -0.124. The highest BCUT2D eigenvalue weighted by atomic mass is 19.1. The number of hydrogen-bond acceptors (Lipinski definition) is 6. The van der Waals surface area contributed by atoms with Crippen LogP contribution in [-0.2, 0) is 11.3 Å². The summed E-state index contributed by atoms with van der Waals surface area (Å²) in [4.78, 5) is 24.6. The summed E-state index contributed by atoms with van der Waals surface area (Å²) < 4.78 is 29.5. The Morgan fingerprint density at radius 3 is 2.52 bits per heavy atom. The van der Waals surface area contributed by atoms with Gasteiger partial charge in [0.1, 0.15) is 11.9 Å². The molecule has 0 aliphatic carbocycles. The molecule has 0 aliphatic heterocycles. The molecule has 0 aliphatic rings. The molecule has 1 N–H and O–H groups in total. The van der Waals surface area contributed by atoms with Crippen molar-refractivity contribution in [2.75, 3.05) is 14.2 Å². The maximum absolute atomic E-state index is 13.1. The Hall–Kier alpha value is -3.62. The minimum Gasteiger partial charge on any atom is -0.493 e. The SMILES string of the molecule is COc1ccc(CNC(=O)C(C)n2nc(-c3ccc(F)cc3)oc2=O)cc1OC. The van der Waals surface area contributed by atoms with E-state index in [1.54, 1.807) is 18.2 Å². The molecule has 0 saturated heterocycles. The predicted molar refractivity (Wildman–Crippen MR) is 102 cm³/mol. The van der Waals surface area contributed by atoms with Crippen molar-refractivity contribution in [2.24, 2.45) is 0 Å². The number of aromatic nitrogens is 2. The molecule has 9 heteroatoms. The fourth-order valence-electron chi connectivity index (χ4n) is 2.68. The summed E-state index contributed by atoms with van der Waals surface area (Å²) in [6, 6.07) is 9.71. The van der Waals surface area contributed by atoms with Crippen LogP contribution in [0.3, 0.4) is 0 Å². The number of ether oxygens (including phenoxy) is 2. The van der Waals surface area contributed by atoms with Gasteiger partial charge in [0.25, 0.3) is 0 Å². The third-order valence-electron chi connectivity index (χ3n) is 4.32. The lowest BCUT2D eigenvalue weighted by atomic mass is 10.2. The van der Waals surface area contributed by atoms with Gasteiger partial charge in [0, 0.05) is 12.1 Å². The average Bonchev–Trinajstić information content (AvgIpc) is 3.13. The fourth-order valence-corrected chi connectivity index (χ4v) is 2.68. The zero-order valence-corrected chi connectivity index (χ0v) is 16.1. The second kappa shape index (κ2) is 8.59. The van der Waals surface area contributed by atoms with Crippen molar-refractivity contribution < 1.29 is 23.1 Å². The second-order valence-electron chi connectivity index (χ2n) is 6.21. The highest BCUT2D eigenvalue weighted by molar-refractivity contribution is 5.79. The first-order valence-corrected chi connectivity index (χ1v) is 8.77. The van der Waals surface area contributed by atoms with Crippen LogP contribution in [0.25, 0.3) is 11.5 Å². The van der Waals surface area contributed by atoms with Gasteiger partial charge in [-0.05, 0) is 48.9 Å². The largest absolute Gasteiger partial charge is 0.493 e. The molecule has 3 rings (SSSR count). The molecule has 2 aromatic carbocycles. The van der Waals surface area contributed by atoms with Crippen LogP contribution in [0.2, 0.25) is 0 Å². The molecule has 1 unspecified atom stereocenters. The van der Waals surface area contributed by atoms with Crippen LogP contribution in [0.4, 0.5) is 4.39 Å². The van der Waals surface area contributed by atoms with Crippen molar-refractivity contribution in [1.82, 2.24) is 15.1 Å². The second-order valence-corrected chi connectivity index (χ2v) is 6.21. The van der Waals surface area contributed by atoms with Gasteiger partial charge in [-0.3, -0.25) is 4.79 Å². The number of carbonyl (C=O) groups excluding carboxylic acids is 1. The van der Waals surface area contributed by atoms with E-state index >= 15 is 0 Å². The Balaban J connectivity index is 1.70. The lowest BCUT2D eigenvalue weighted by Crippen LogP contribution is -2.34. The van der Waals surface area contributed by atoms with Gasteiger partial charge < -0.3 is 19.2 Å². The Labute approximate surface area is 165 Å². The summed E-state index contributed by atoms with van der Waals surface area (Å²) >= 11 is 0. The molecule has 1 amide bonds. The average molecular weight is 401 g/mol. The van der Waals surface area contributed by atoms with Crippen molar-refractivity contribution in [3.63, 3.8) is 0 Å². The number of amides is 1. The normalized spacial score (nSPS) is 11.7. The van der Waals surface area contributed by atoms with Crippen molar-refractivity contribution in [2.45, 2.75) is 19.5 Å². The van der Waals surface area contributed by atoms with Crippen LogP contribution in [0.5, 0.6) is 11.5 Å². The zero-order valence-electron chi connectivity index (χ0n) is 16.1. The third kappa shape index (κ3) is 4.45. The summed E-state index contributed by atoms with van der Waals surface area (Å²) in [7, 11) is 3.06. The van der Waals surface area contributed by atoms with Crippen molar-refractivity contribution in [1.29, 1.82) is 0 Å². The molecule has 1 aromatic heterocycles. The standard InChI is InChI=1S/C20H20FN3O5/c1-12(18(25)22-11-13-4-9-16(27-2)17(10-13)28-3)24-20(26)29-19(23-24)14-5-7-15(21)8-6-14/h4-10,12H,11H2,1-3H3,(H,22,25). The number of halogens is 1. The van der Waals surface area contributed by atoms with Gasteiger partial charge in [-0.2, -0.15) is 4.68 Å². The minimum atomic E-state index is -0.902. The van der Waals surface area contributed by atoms with E-state index in [1.165, 1.54) is 45.4 Å². The summed E-state index contributed by atoms with van der Waals surface area (Å²) in [5, 5.41) is 6.80. The van der Waals surface area contributed by atoms with E-state index in [-0.39, 0.29) is 12.4 Å². The van der Waals surface area contributed by atoms with E-state index in [0.717, 1.165) is 10.2 Å². The molecule has 8 nitrogen and oxygen atoms in total. The van der Waals surface area contributed by atoms with E-state index in [0.29, 0.717) is 17.1 Å². The van der Waals surface area contributed by atoms with Crippen molar-refractivity contribution in [3.05, 3.63) is 64.4 Å². The van der Waals surface area contributed by atoms with Gasteiger partial charge in [-0.1, -0.05) is 6.07 Å². The minimum absolute atomic E-state index is 0.00883. The van der Waals surface area contributed by atoms with Gasteiger partial charge in [-0.15, -0.1) is 5.10 Å². The summed E-state index contributed by atoms with van der Waals surface area (Å²) in [5.41, 5.74) is 1.22. The van der Waals surface area contributed by atoms with Crippen LogP contribution in [0.15, 0.2) is 51.7 Å². The number of benzene rings is 2. The van der Waals surface area contributed by atoms with Gasteiger partial charge in [0.05, 0.1) is 14.2 Å². The summed E-state index contributed by atoms with van der Waals surface area (Å²) in [6.45, 7) is 1.75. The third-order valence-corrected chi connectivity index (χ3v) is 4.32. The molecular weight excluding hydrogens is 381 g/mol. The molecule has 0 spiro atoms. The maximum atomic E-state index is 13.1. The number of carbonyl (C=O) groups is 1. The first-order chi connectivity index (χ1) is 13.9. The van der Waals surface area contributed by atoms with Gasteiger partial charge in [0.15, 0.2) is 11.5 Å². The zero-order chi connectivity index (χ0) is 21.0. The Bertz CT molecular complexity index is 1060. The topological polar surface area (TPSA) is 95.6 Å². The number of nitrogens with one attached hydrogen (secondary N) is 1. The number of methoxy groups -OCH3 is 2. The first kappa shape index (κ1) is 20.1. The molecule has 0 saturated carbocycles. The number of hydrogen-bond donors (Lipinski definition) is 1. The van der Waals surface area contributed by atoms with E-state index in [4.69, 9.17) is 13.9 Å². The van der Waals surface area contributed by atoms with Gasteiger partial charge in [-0.25, -0.2) is 9.18 Å². The quantitative estimate of drug-likeness (QED) is 0.654. The molecule has 1 heterocycles. The van der Waals surface area contributed by atoms with Crippen LogP contribution < -0.4 is 20.5 Å². The number of nitrogens with zero attached hydrogens (tertiary/aromatic N) is 2. The van der Waals surface area contributed by atoms with Crippen molar-refractivity contribution in [3.8, 4) is 23.0 Å². The molecular formula is C20H20FN3O5. The lowest BCUT2D eigenvalue weighted by Gasteiger charge is -2.13. The van der Waals surface area contributed by atoms with Gasteiger partial charge >= 0.3 is 5.76 Å². The predicted octanol–water partition coefficient (Wildman–Crippen LogP) is 2.54. The molecule has 0 bridgehead atoms. The molecule has 1 atom stereocenters. The van der Waals surface area contributed by atoms with E-state index < -0.39 is 23.5 Å². The molecule has 3 aromatic rings. The Morgan fingerprint density at radius 2 is 1.86 bits per heavy atom. The smallest absolute Gasteiger partial charge is 0.438 e. The molecule has 152 valence electrons. The summed E-state index contributed by atoms with van der Waals surface area (Å²) in [6.07, 6.45) is 0. The first-order valence-electron chi connectivity index (χ1n) is 8.77. The Morgan fingerprint density at radius 1 is 1.17 bits per heavy atom. The van der Waals surface area contributed by atoms with E-state index in [1.807, 2.05) is 0 Å². The van der Waals surface area contributed by atoms with E-state index in [2.05, 4.69) is 10.4 Å². The molecule has 0 fully saturated rings. The van der Waals surface area contributed by atoms with Crippen LogP contribution >= 0.6 is 0 Å². The van der Waals surface area contributed by atoms with Crippen LogP contribution in [-0.4, -0.2) is 29.9 Å². The Kier molecular flexibility index (Phi) is 5.96. The molecule has 29 heavy (non-hydrogen) atoms. The van der Waals surface area contributed by atoms with E-state index in [9.17, 15) is 14.0 Å². The fraction of sp³-hybridized carbons (Fsp3) is 0.250. The molecule has 0 radical (unpaired) electrons.